The van der Waals surface area contributed by atoms with Crippen molar-refractivity contribution in [2.45, 2.75) is 13.0 Å². The van der Waals surface area contributed by atoms with Gasteiger partial charge in [0.1, 0.15) is 9.84 Å². The molecule has 2 aromatic carbocycles. The van der Waals surface area contributed by atoms with Gasteiger partial charge in [-0.2, -0.15) is 0 Å². The number of aryl methyl sites for hydroxylation is 1. The van der Waals surface area contributed by atoms with Gasteiger partial charge in [-0.15, -0.1) is 0 Å². The van der Waals surface area contributed by atoms with Crippen LogP contribution in [0.5, 0.6) is 0 Å². The van der Waals surface area contributed by atoms with Crippen molar-refractivity contribution in [1.29, 1.82) is 0 Å². The molecule has 0 saturated heterocycles. The third kappa shape index (κ3) is 5.38. The van der Waals surface area contributed by atoms with Gasteiger partial charge in [0.2, 0.25) is 5.91 Å². The molecule has 3 aromatic rings. The lowest BCUT2D eigenvalue weighted by Crippen LogP contribution is -2.23. The van der Waals surface area contributed by atoms with Crippen LogP contribution >= 0.6 is 23.2 Å². The second-order valence-corrected chi connectivity index (χ2v) is 9.76. The molecular weight excluding hydrogens is 435 g/mol. The van der Waals surface area contributed by atoms with E-state index in [1.54, 1.807) is 42.5 Å². The molecule has 0 aliphatic carbocycles. The van der Waals surface area contributed by atoms with E-state index < -0.39 is 9.84 Å². The highest BCUT2D eigenvalue weighted by Gasteiger charge is 2.11. The summed E-state index contributed by atoms with van der Waals surface area (Å²) in [7, 11) is -3.19. The maximum atomic E-state index is 12.7. The highest BCUT2D eigenvalue weighted by atomic mass is 35.5. The van der Waals surface area contributed by atoms with Gasteiger partial charge >= 0.3 is 0 Å². The van der Waals surface area contributed by atoms with Crippen LogP contribution in [0.2, 0.25) is 10.0 Å². The SMILES string of the molecule is CS(=O)(=O)CCn1ccc2c(NC(=O)Cc3ccc(Cl)c(Cl)c3)cccc2c1=O. The van der Waals surface area contributed by atoms with Crippen LogP contribution in [0.3, 0.4) is 0 Å². The molecule has 9 heteroatoms. The monoisotopic (exact) mass is 452 g/mol. The Labute approximate surface area is 178 Å². The Hall–Kier alpha value is -2.35. The van der Waals surface area contributed by atoms with Gasteiger partial charge in [-0.1, -0.05) is 35.3 Å². The molecule has 1 N–H and O–H groups in total. The number of nitrogens with zero attached hydrogens (tertiary/aromatic N) is 1. The van der Waals surface area contributed by atoms with Crippen LogP contribution in [0, 0.1) is 0 Å². The van der Waals surface area contributed by atoms with E-state index in [2.05, 4.69) is 5.32 Å². The van der Waals surface area contributed by atoms with Crippen molar-refractivity contribution in [3.63, 3.8) is 0 Å². The van der Waals surface area contributed by atoms with Gasteiger partial charge in [0.05, 0.1) is 22.2 Å². The zero-order valence-electron chi connectivity index (χ0n) is 15.5. The zero-order valence-corrected chi connectivity index (χ0v) is 17.8. The summed E-state index contributed by atoms with van der Waals surface area (Å²) in [5, 5.41) is 4.57. The fourth-order valence-electron chi connectivity index (χ4n) is 2.90. The Kier molecular flexibility index (Phi) is 6.31. The highest BCUT2D eigenvalue weighted by molar-refractivity contribution is 7.90. The van der Waals surface area contributed by atoms with Gasteiger partial charge < -0.3 is 9.88 Å². The molecule has 1 heterocycles. The fourth-order valence-corrected chi connectivity index (χ4v) is 3.75. The summed E-state index contributed by atoms with van der Waals surface area (Å²) in [5.74, 6) is -0.393. The van der Waals surface area contributed by atoms with Crippen LogP contribution in [0.1, 0.15) is 5.56 Å². The molecule has 1 amide bonds. The maximum Gasteiger partial charge on any atom is 0.258 e. The molecule has 0 radical (unpaired) electrons. The summed E-state index contributed by atoms with van der Waals surface area (Å²) in [6, 6.07) is 11.7. The van der Waals surface area contributed by atoms with Gasteiger partial charge in [0, 0.05) is 35.5 Å². The van der Waals surface area contributed by atoms with E-state index in [1.165, 1.54) is 10.8 Å². The fraction of sp³-hybridized carbons (Fsp3) is 0.200. The summed E-state index contributed by atoms with van der Waals surface area (Å²) < 4.78 is 24.1. The van der Waals surface area contributed by atoms with Crippen molar-refractivity contribution in [2.24, 2.45) is 0 Å². The number of carbonyl (C=O) groups excluding carboxylic acids is 1. The average molecular weight is 453 g/mol. The van der Waals surface area contributed by atoms with Crippen LogP contribution in [-0.4, -0.2) is 30.9 Å². The first-order valence-electron chi connectivity index (χ1n) is 8.68. The number of halogens is 2. The Bertz CT molecular complexity index is 1250. The van der Waals surface area contributed by atoms with Crippen LogP contribution in [-0.2, 0) is 27.6 Å². The van der Waals surface area contributed by atoms with Crippen molar-refractivity contribution >= 4 is 55.4 Å². The second kappa shape index (κ2) is 8.57. The Morgan fingerprint density at radius 3 is 2.52 bits per heavy atom. The number of hydrogen-bond acceptors (Lipinski definition) is 4. The van der Waals surface area contributed by atoms with E-state index in [-0.39, 0.29) is 30.2 Å². The molecule has 0 aliphatic heterocycles. The van der Waals surface area contributed by atoms with Crippen molar-refractivity contribution in [1.82, 2.24) is 4.57 Å². The van der Waals surface area contributed by atoms with Gasteiger partial charge in [-0.25, -0.2) is 8.42 Å². The molecule has 6 nitrogen and oxygen atoms in total. The number of aromatic nitrogens is 1. The van der Waals surface area contributed by atoms with Crippen molar-refractivity contribution in [3.05, 3.63) is 74.6 Å². The molecule has 0 atom stereocenters. The van der Waals surface area contributed by atoms with E-state index in [4.69, 9.17) is 23.2 Å². The van der Waals surface area contributed by atoms with Gasteiger partial charge in [-0.05, 0) is 35.9 Å². The van der Waals surface area contributed by atoms with E-state index in [9.17, 15) is 18.0 Å². The molecule has 3 rings (SSSR count). The number of carbonyl (C=O) groups is 1. The van der Waals surface area contributed by atoms with E-state index in [1.807, 2.05) is 0 Å². The lowest BCUT2D eigenvalue weighted by molar-refractivity contribution is -0.115. The summed E-state index contributed by atoms with van der Waals surface area (Å²) in [5.41, 5.74) is 0.895. The number of pyridine rings is 1. The summed E-state index contributed by atoms with van der Waals surface area (Å²) in [4.78, 5) is 25.1. The molecule has 0 spiro atoms. The third-order valence-corrected chi connectivity index (χ3v) is 6.01. The summed E-state index contributed by atoms with van der Waals surface area (Å²) >= 11 is 11.9. The van der Waals surface area contributed by atoms with Crippen LogP contribution in [0.15, 0.2) is 53.5 Å². The number of benzene rings is 2. The maximum absolute atomic E-state index is 12.7. The first-order chi connectivity index (χ1) is 13.6. The van der Waals surface area contributed by atoms with E-state index in [0.717, 1.165) is 6.26 Å². The van der Waals surface area contributed by atoms with Crippen LogP contribution in [0.4, 0.5) is 5.69 Å². The smallest absolute Gasteiger partial charge is 0.258 e. The minimum atomic E-state index is -3.19. The molecule has 152 valence electrons. The molecule has 0 bridgehead atoms. The Balaban J connectivity index is 1.84. The summed E-state index contributed by atoms with van der Waals surface area (Å²) in [6.07, 6.45) is 2.75. The lowest BCUT2D eigenvalue weighted by atomic mass is 10.1. The van der Waals surface area contributed by atoms with Crippen molar-refractivity contribution in [3.8, 4) is 0 Å². The Morgan fingerprint density at radius 1 is 1.07 bits per heavy atom. The highest BCUT2D eigenvalue weighted by Crippen LogP contribution is 2.24. The molecule has 29 heavy (non-hydrogen) atoms. The minimum absolute atomic E-state index is 0.0710. The normalized spacial score (nSPS) is 11.6. The first kappa shape index (κ1) is 21.4. The number of fused-ring (bicyclic) bond motifs is 1. The molecule has 0 saturated carbocycles. The molecule has 0 aliphatic rings. The van der Waals surface area contributed by atoms with Crippen molar-refractivity contribution in [2.75, 3.05) is 17.3 Å². The van der Waals surface area contributed by atoms with Gasteiger partial charge in [0.15, 0.2) is 0 Å². The van der Waals surface area contributed by atoms with Crippen LogP contribution < -0.4 is 10.9 Å². The topological polar surface area (TPSA) is 85.2 Å². The minimum Gasteiger partial charge on any atom is -0.325 e. The molecule has 1 aromatic heterocycles. The number of sulfone groups is 1. The second-order valence-electron chi connectivity index (χ2n) is 6.68. The van der Waals surface area contributed by atoms with E-state index >= 15 is 0 Å². The molecular formula is C20H18Cl2N2O4S. The lowest BCUT2D eigenvalue weighted by Gasteiger charge is -2.11. The molecule has 0 unspecified atom stereocenters. The third-order valence-electron chi connectivity index (χ3n) is 4.34. The zero-order chi connectivity index (χ0) is 21.2. The van der Waals surface area contributed by atoms with Crippen molar-refractivity contribution < 1.29 is 13.2 Å². The standard InChI is InChI=1S/C20H18Cl2N2O4S/c1-29(27,28)10-9-24-8-7-14-15(20(24)26)3-2-4-18(14)23-19(25)12-13-5-6-16(21)17(22)11-13/h2-8,11H,9-10,12H2,1H3,(H,23,25). The number of hydrogen-bond donors (Lipinski definition) is 1. The number of anilines is 1. The first-order valence-corrected chi connectivity index (χ1v) is 11.5. The summed E-state index contributed by atoms with van der Waals surface area (Å²) in [6.45, 7) is 0.0710. The average Bonchev–Trinajstić information content (AvgIpc) is 2.64. The number of rotatable bonds is 6. The number of nitrogens with one attached hydrogen (secondary N) is 1. The van der Waals surface area contributed by atoms with Gasteiger partial charge in [0.25, 0.3) is 5.56 Å². The largest absolute Gasteiger partial charge is 0.325 e. The molecule has 0 fully saturated rings. The van der Waals surface area contributed by atoms with E-state index in [0.29, 0.717) is 32.1 Å². The van der Waals surface area contributed by atoms with Crippen LogP contribution in [0.25, 0.3) is 10.8 Å². The quantitative estimate of drug-likeness (QED) is 0.619. The predicted octanol–water partition coefficient (Wildman–Crippen LogP) is 3.53. The number of amides is 1. The predicted molar refractivity (Wildman–Crippen MR) is 117 cm³/mol. The Morgan fingerprint density at radius 2 is 1.83 bits per heavy atom. The van der Waals surface area contributed by atoms with Gasteiger partial charge in [-0.3, -0.25) is 9.59 Å².